The number of pyridine rings is 1. The molecule has 0 aliphatic rings. The molecule has 0 N–H and O–H groups in total. The molecule has 0 radical (unpaired) electrons. The minimum atomic E-state index is -0.0777. The third-order valence-electron chi connectivity index (χ3n) is 3.61. The van der Waals surface area contributed by atoms with E-state index in [2.05, 4.69) is 4.98 Å². The molecular formula is C17H10ClNO2. The molecular weight excluding hydrogens is 286 g/mol. The number of hydrogen-bond acceptors (Lipinski definition) is 3. The molecule has 3 nitrogen and oxygen atoms in total. The highest BCUT2D eigenvalue weighted by atomic mass is 35.5. The highest BCUT2D eigenvalue weighted by molar-refractivity contribution is 6.32. The summed E-state index contributed by atoms with van der Waals surface area (Å²) in [4.78, 5) is 16.3. The first-order chi connectivity index (χ1) is 10.1. The third kappa shape index (κ3) is 1.82. The van der Waals surface area contributed by atoms with Gasteiger partial charge in [0.05, 0.1) is 11.1 Å². The van der Waals surface area contributed by atoms with Gasteiger partial charge in [-0.05, 0) is 31.2 Å². The fraction of sp³-hybridized carbons (Fsp3) is 0.0588. The van der Waals surface area contributed by atoms with Gasteiger partial charge in [-0.3, -0.25) is 4.79 Å². The van der Waals surface area contributed by atoms with Crippen molar-refractivity contribution in [3.8, 4) is 0 Å². The van der Waals surface area contributed by atoms with Crippen molar-refractivity contribution in [2.45, 2.75) is 6.92 Å². The summed E-state index contributed by atoms with van der Waals surface area (Å²) >= 11 is 6.13. The first kappa shape index (κ1) is 12.4. The van der Waals surface area contributed by atoms with E-state index in [4.69, 9.17) is 16.0 Å². The second kappa shape index (κ2) is 4.30. The first-order valence-electron chi connectivity index (χ1n) is 6.56. The number of halogens is 1. The molecule has 0 aliphatic heterocycles. The van der Waals surface area contributed by atoms with Crippen LogP contribution in [0, 0.1) is 0 Å². The predicted octanol–water partition coefficient (Wildman–Crippen LogP) is 4.99. The van der Waals surface area contributed by atoms with Crippen molar-refractivity contribution in [2.75, 3.05) is 0 Å². The summed E-state index contributed by atoms with van der Waals surface area (Å²) < 4.78 is 5.82. The van der Waals surface area contributed by atoms with Crippen LogP contribution in [0.3, 0.4) is 0 Å². The van der Waals surface area contributed by atoms with Crippen molar-refractivity contribution in [3.05, 3.63) is 53.1 Å². The Kier molecular flexibility index (Phi) is 2.53. The van der Waals surface area contributed by atoms with Crippen molar-refractivity contribution in [3.63, 3.8) is 0 Å². The smallest absolute Gasteiger partial charge is 0.227 e. The van der Waals surface area contributed by atoms with Crippen LogP contribution in [-0.2, 0) is 0 Å². The molecule has 0 unspecified atom stereocenters. The van der Waals surface area contributed by atoms with E-state index in [-0.39, 0.29) is 5.78 Å². The zero-order chi connectivity index (χ0) is 14.6. The summed E-state index contributed by atoms with van der Waals surface area (Å²) in [6.07, 6.45) is 0. The third-order valence-corrected chi connectivity index (χ3v) is 3.83. The van der Waals surface area contributed by atoms with E-state index in [1.807, 2.05) is 36.4 Å². The van der Waals surface area contributed by atoms with Crippen LogP contribution < -0.4 is 0 Å². The summed E-state index contributed by atoms with van der Waals surface area (Å²) in [7, 11) is 0. The van der Waals surface area contributed by atoms with Crippen molar-refractivity contribution in [2.24, 2.45) is 0 Å². The van der Waals surface area contributed by atoms with Gasteiger partial charge in [-0.1, -0.05) is 29.8 Å². The topological polar surface area (TPSA) is 43.1 Å². The fourth-order valence-electron chi connectivity index (χ4n) is 2.63. The van der Waals surface area contributed by atoms with Gasteiger partial charge in [0.2, 0.25) is 5.71 Å². The fourth-order valence-corrected chi connectivity index (χ4v) is 2.85. The van der Waals surface area contributed by atoms with Crippen LogP contribution in [0.15, 0.2) is 46.9 Å². The zero-order valence-corrected chi connectivity index (χ0v) is 11.9. The van der Waals surface area contributed by atoms with Gasteiger partial charge in [0.15, 0.2) is 5.78 Å². The van der Waals surface area contributed by atoms with Crippen LogP contribution in [0.2, 0.25) is 5.02 Å². The first-order valence-corrected chi connectivity index (χ1v) is 6.94. The molecule has 0 saturated carbocycles. The van der Waals surface area contributed by atoms with Crippen molar-refractivity contribution < 1.29 is 9.21 Å². The van der Waals surface area contributed by atoms with Crippen LogP contribution in [-0.4, -0.2) is 10.8 Å². The highest BCUT2D eigenvalue weighted by Gasteiger charge is 2.16. The van der Waals surface area contributed by atoms with Gasteiger partial charge in [-0.15, -0.1) is 0 Å². The average molecular weight is 296 g/mol. The summed E-state index contributed by atoms with van der Waals surface area (Å²) in [5, 5.41) is 3.23. The molecule has 0 fully saturated rings. The summed E-state index contributed by atoms with van der Waals surface area (Å²) in [6.45, 7) is 1.50. The van der Waals surface area contributed by atoms with Gasteiger partial charge in [0.25, 0.3) is 0 Å². The molecule has 0 amide bonds. The number of aromatic nitrogens is 1. The van der Waals surface area contributed by atoms with Gasteiger partial charge in [-0.2, -0.15) is 0 Å². The minimum absolute atomic E-state index is 0.0777. The number of benzene rings is 2. The maximum atomic E-state index is 11.8. The Hall–Kier alpha value is -2.39. The number of nitrogens with zero attached hydrogens (tertiary/aromatic N) is 1. The van der Waals surface area contributed by atoms with E-state index in [0.717, 1.165) is 21.7 Å². The Morgan fingerprint density at radius 1 is 1.14 bits per heavy atom. The number of Topliss-reactive ketones (excluding diaryl/α,β-unsaturated/α-hetero) is 1. The number of furan rings is 1. The molecule has 102 valence electrons. The van der Waals surface area contributed by atoms with E-state index >= 15 is 0 Å². The van der Waals surface area contributed by atoms with E-state index in [1.165, 1.54) is 6.92 Å². The number of fused-ring (bicyclic) bond motifs is 4. The van der Waals surface area contributed by atoms with Gasteiger partial charge in [0.1, 0.15) is 5.58 Å². The van der Waals surface area contributed by atoms with Crippen molar-refractivity contribution in [1.82, 2.24) is 4.98 Å². The summed E-state index contributed by atoms with van der Waals surface area (Å²) in [5.41, 5.74) is 2.41. The van der Waals surface area contributed by atoms with E-state index in [9.17, 15) is 4.79 Å². The number of para-hydroxylation sites is 1. The van der Waals surface area contributed by atoms with Crippen LogP contribution in [0.5, 0.6) is 0 Å². The molecule has 2 heterocycles. The Labute approximate surface area is 125 Å². The Morgan fingerprint density at radius 2 is 1.95 bits per heavy atom. The van der Waals surface area contributed by atoms with E-state index in [1.54, 1.807) is 6.07 Å². The summed E-state index contributed by atoms with van der Waals surface area (Å²) in [5.74, 6) is -0.0777. The molecule has 0 saturated heterocycles. The SMILES string of the molecule is CC(=O)c1cc(Cl)cc2c1oc1nc3ccccc3cc12. The number of ketones is 1. The van der Waals surface area contributed by atoms with Crippen LogP contribution in [0.25, 0.3) is 33.0 Å². The van der Waals surface area contributed by atoms with Crippen LogP contribution in [0.4, 0.5) is 0 Å². The zero-order valence-electron chi connectivity index (χ0n) is 11.2. The standard InChI is InChI=1S/C17H10ClNO2/c1-9(20)12-7-11(18)8-13-14-6-10-4-2-3-5-15(10)19-17(14)21-16(12)13/h2-8H,1H3. The maximum Gasteiger partial charge on any atom is 0.227 e. The number of hydrogen-bond donors (Lipinski definition) is 0. The lowest BCUT2D eigenvalue weighted by Gasteiger charge is -1.98. The second-order valence-corrected chi connectivity index (χ2v) is 5.46. The van der Waals surface area contributed by atoms with Gasteiger partial charge >= 0.3 is 0 Å². The second-order valence-electron chi connectivity index (χ2n) is 5.02. The molecule has 21 heavy (non-hydrogen) atoms. The van der Waals surface area contributed by atoms with Gasteiger partial charge in [-0.25, -0.2) is 4.98 Å². The molecule has 0 spiro atoms. The van der Waals surface area contributed by atoms with Crippen molar-refractivity contribution >= 4 is 50.4 Å². The molecule has 0 atom stereocenters. The quantitative estimate of drug-likeness (QED) is 0.465. The molecule has 0 aliphatic carbocycles. The molecule has 0 bridgehead atoms. The lowest BCUT2D eigenvalue weighted by atomic mass is 10.1. The average Bonchev–Trinajstić information content (AvgIpc) is 2.81. The Bertz CT molecular complexity index is 1030. The highest BCUT2D eigenvalue weighted by Crippen LogP contribution is 2.34. The maximum absolute atomic E-state index is 11.8. The van der Waals surface area contributed by atoms with Crippen molar-refractivity contribution in [1.29, 1.82) is 0 Å². The molecule has 2 aromatic carbocycles. The molecule has 4 aromatic rings. The lowest BCUT2D eigenvalue weighted by molar-refractivity contribution is 0.101. The van der Waals surface area contributed by atoms with E-state index in [0.29, 0.717) is 21.9 Å². The molecule has 2 aromatic heterocycles. The van der Waals surface area contributed by atoms with Gasteiger partial charge in [0, 0.05) is 21.2 Å². The minimum Gasteiger partial charge on any atom is -0.437 e. The van der Waals surface area contributed by atoms with Crippen LogP contribution >= 0.6 is 11.6 Å². The lowest BCUT2D eigenvalue weighted by Crippen LogP contribution is -1.92. The predicted molar refractivity (Wildman–Crippen MR) is 84.0 cm³/mol. The Morgan fingerprint density at radius 3 is 2.76 bits per heavy atom. The Balaban J connectivity index is 2.23. The molecule has 4 rings (SSSR count). The number of carbonyl (C=O) groups excluding carboxylic acids is 1. The normalized spacial score (nSPS) is 11.5. The monoisotopic (exact) mass is 295 g/mol. The number of rotatable bonds is 1. The van der Waals surface area contributed by atoms with Gasteiger partial charge < -0.3 is 4.42 Å². The van der Waals surface area contributed by atoms with E-state index < -0.39 is 0 Å². The number of carbonyl (C=O) groups is 1. The largest absolute Gasteiger partial charge is 0.437 e. The summed E-state index contributed by atoms with van der Waals surface area (Å²) in [6, 6.07) is 13.3. The molecule has 4 heteroatoms. The van der Waals surface area contributed by atoms with Crippen LogP contribution in [0.1, 0.15) is 17.3 Å².